The van der Waals surface area contributed by atoms with E-state index in [2.05, 4.69) is 4.98 Å². The Balaban J connectivity index is 1.69. The van der Waals surface area contributed by atoms with Crippen molar-refractivity contribution in [2.45, 2.75) is 25.0 Å². The predicted octanol–water partition coefficient (Wildman–Crippen LogP) is 2.98. The van der Waals surface area contributed by atoms with Gasteiger partial charge in [-0.2, -0.15) is 4.39 Å². The Morgan fingerprint density at radius 1 is 1.13 bits per heavy atom. The van der Waals surface area contributed by atoms with Crippen molar-refractivity contribution in [1.29, 1.82) is 0 Å². The Kier molecular flexibility index (Phi) is 4.37. The lowest BCUT2D eigenvalue weighted by atomic mass is 9.85. The molecule has 0 aliphatic carbocycles. The summed E-state index contributed by atoms with van der Waals surface area (Å²) < 4.78 is 40.7. The highest BCUT2D eigenvalue weighted by Gasteiger charge is 2.36. The van der Waals surface area contributed by atoms with Crippen LogP contribution in [0, 0.1) is 17.6 Å². The van der Waals surface area contributed by atoms with Crippen LogP contribution in [0.1, 0.15) is 24.0 Å². The molecule has 3 rings (SSSR count). The molecule has 0 atom stereocenters. The molecule has 2 aromatic rings. The van der Waals surface area contributed by atoms with Crippen LogP contribution < -0.4 is 0 Å². The Morgan fingerprint density at radius 3 is 2.57 bits per heavy atom. The van der Waals surface area contributed by atoms with Gasteiger partial charge in [0.1, 0.15) is 11.6 Å². The third-order valence-electron chi connectivity index (χ3n) is 4.35. The van der Waals surface area contributed by atoms with Crippen molar-refractivity contribution < 1.29 is 18.3 Å². The largest absolute Gasteiger partial charge is 0.385 e. The molecule has 1 aliphatic rings. The highest BCUT2D eigenvalue weighted by Crippen LogP contribution is 2.34. The van der Waals surface area contributed by atoms with Crippen LogP contribution in [0.3, 0.4) is 0 Å². The molecule has 6 heteroatoms. The van der Waals surface area contributed by atoms with Gasteiger partial charge in [0.05, 0.1) is 5.60 Å². The smallest absolute Gasteiger partial charge is 0.218 e. The summed E-state index contributed by atoms with van der Waals surface area (Å²) in [7, 11) is 0. The van der Waals surface area contributed by atoms with E-state index in [9.17, 15) is 18.3 Å². The quantitative estimate of drug-likeness (QED) is 0.883. The summed E-state index contributed by atoms with van der Waals surface area (Å²) >= 11 is 0. The van der Waals surface area contributed by atoms with E-state index in [1.54, 1.807) is 6.07 Å². The molecule has 0 saturated carbocycles. The minimum atomic E-state index is -1.27. The summed E-state index contributed by atoms with van der Waals surface area (Å²) in [4.78, 5) is 5.49. The van der Waals surface area contributed by atoms with E-state index in [-0.39, 0.29) is 17.7 Å². The fourth-order valence-corrected chi connectivity index (χ4v) is 2.99. The van der Waals surface area contributed by atoms with E-state index in [0.29, 0.717) is 25.9 Å². The molecular formula is C17H17F3N2O. The fraction of sp³-hybridized carbons (Fsp3) is 0.353. The van der Waals surface area contributed by atoms with E-state index < -0.39 is 23.2 Å². The molecule has 0 radical (unpaired) electrons. The van der Waals surface area contributed by atoms with Gasteiger partial charge in [-0.15, -0.1) is 0 Å². The third kappa shape index (κ3) is 3.38. The van der Waals surface area contributed by atoms with Crippen molar-refractivity contribution in [2.75, 3.05) is 13.1 Å². The molecule has 3 nitrogen and oxygen atoms in total. The first-order chi connectivity index (χ1) is 11.0. The van der Waals surface area contributed by atoms with Crippen LogP contribution in [0.2, 0.25) is 0 Å². The molecule has 122 valence electrons. The van der Waals surface area contributed by atoms with Crippen molar-refractivity contribution >= 4 is 0 Å². The molecule has 0 amide bonds. The Bertz CT molecular complexity index is 700. The summed E-state index contributed by atoms with van der Waals surface area (Å²) in [6.45, 7) is 1.18. The van der Waals surface area contributed by atoms with E-state index in [1.807, 2.05) is 4.90 Å². The lowest BCUT2D eigenvalue weighted by Crippen LogP contribution is -2.42. The number of hydrogen-bond acceptors (Lipinski definition) is 3. The van der Waals surface area contributed by atoms with E-state index in [0.717, 1.165) is 12.1 Å². The van der Waals surface area contributed by atoms with Gasteiger partial charge >= 0.3 is 0 Å². The van der Waals surface area contributed by atoms with Gasteiger partial charge in [-0.25, -0.2) is 13.8 Å². The molecule has 0 spiro atoms. The van der Waals surface area contributed by atoms with Crippen molar-refractivity contribution in [1.82, 2.24) is 9.88 Å². The number of halogens is 3. The Morgan fingerprint density at radius 2 is 1.87 bits per heavy atom. The highest BCUT2D eigenvalue weighted by atomic mass is 19.1. The van der Waals surface area contributed by atoms with Gasteiger partial charge in [-0.3, -0.25) is 4.90 Å². The minimum Gasteiger partial charge on any atom is -0.385 e. The maximum atomic E-state index is 13.8. The second-order valence-electron chi connectivity index (χ2n) is 5.89. The minimum absolute atomic E-state index is 0.191. The molecule has 1 fully saturated rings. The molecule has 0 bridgehead atoms. The molecule has 1 aromatic carbocycles. The van der Waals surface area contributed by atoms with Gasteiger partial charge < -0.3 is 5.11 Å². The Hall–Kier alpha value is -1.92. The van der Waals surface area contributed by atoms with Gasteiger partial charge in [0.15, 0.2) is 0 Å². The first kappa shape index (κ1) is 16.0. The number of rotatable bonds is 3. The number of aromatic nitrogens is 1. The molecule has 23 heavy (non-hydrogen) atoms. The lowest BCUT2D eigenvalue weighted by Gasteiger charge is -2.38. The number of benzene rings is 1. The van der Waals surface area contributed by atoms with Crippen LogP contribution >= 0.6 is 0 Å². The number of pyridine rings is 1. The summed E-state index contributed by atoms with van der Waals surface area (Å²) in [5, 5.41) is 10.7. The maximum absolute atomic E-state index is 13.8. The van der Waals surface area contributed by atoms with Gasteiger partial charge in [0.2, 0.25) is 5.95 Å². The first-order valence-corrected chi connectivity index (χ1v) is 7.48. The number of hydrogen-bond donors (Lipinski definition) is 1. The standard InChI is InChI=1S/C17H17F3N2O/c18-13-3-4-15(19)12(10-13)11-22-8-5-17(23,6-9-22)14-2-1-7-21-16(14)20/h1-4,7,10,23H,5-6,8-9,11H2. The molecule has 0 unspecified atom stereocenters. The molecule has 1 N–H and O–H groups in total. The number of piperidine rings is 1. The fourth-order valence-electron chi connectivity index (χ4n) is 2.99. The van der Waals surface area contributed by atoms with Crippen LogP contribution in [0.15, 0.2) is 36.5 Å². The first-order valence-electron chi connectivity index (χ1n) is 7.48. The molecule has 1 aliphatic heterocycles. The monoisotopic (exact) mass is 322 g/mol. The average molecular weight is 322 g/mol. The van der Waals surface area contributed by atoms with Gasteiger partial charge in [-0.05, 0) is 37.1 Å². The SMILES string of the molecule is OC1(c2cccnc2F)CCN(Cc2cc(F)ccc2F)CC1. The topological polar surface area (TPSA) is 36.4 Å². The average Bonchev–Trinajstić information content (AvgIpc) is 2.53. The van der Waals surface area contributed by atoms with E-state index in [1.165, 1.54) is 18.3 Å². The third-order valence-corrected chi connectivity index (χ3v) is 4.35. The summed E-state index contributed by atoms with van der Waals surface area (Å²) in [6, 6.07) is 6.49. The van der Waals surface area contributed by atoms with Gasteiger partial charge in [0, 0.05) is 37.0 Å². The van der Waals surface area contributed by atoms with Crippen LogP contribution in [-0.2, 0) is 12.1 Å². The molecular weight excluding hydrogens is 305 g/mol. The maximum Gasteiger partial charge on any atom is 0.218 e. The summed E-state index contributed by atoms with van der Waals surface area (Å²) in [5.41, 5.74) is -0.797. The number of nitrogens with zero attached hydrogens (tertiary/aromatic N) is 2. The lowest BCUT2D eigenvalue weighted by molar-refractivity contribution is -0.0309. The molecule has 1 saturated heterocycles. The van der Waals surface area contributed by atoms with Crippen molar-refractivity contribution in [3.63, 3.8) is 0 Å². The highest BCUT2D eigenvalue weighted by molar-refractivity contribution is 5.22. The predicted molar refractivity (Wildman–Crippen MR) is 79.0 cm³/mol. The second kappa shape index (κ2) is 6.29. The van der Waals surface area contributed by atoms with Crippen molar-refractivity contribution in [3.05, 3.63) is 65.2 Å². The normalized spacial score (nSPS) is 18.1. The second-order valence-corrected chi connectivity index (χ2v) is 5.89. The van der Waals surface area contributed by atoms with Crippen LogP contribution in [0.4, 0.5) is 13.2 Å². The zero-order chi connectivity index (χ0) is 16.4. The number of aliphatic hydroxyl groups is 1. The summed E-state index contributed by atoms with van der Waals surface area (Å²) in [6.07, 6.45) is 1.96. The number of likely N-dealkylation sites (tertiary alicyclic amines) is 1. The zero-order valence-electron chi connectivity index (χ0n) is 12.5. The molecule has 2 heterocycles. The zero-order valence-corrected chi connectivity index (χ0v) is 12.5. The van der Waals surface area contributed by atoms with Gasteiger partial charge in [-0.1, -0.05) is 6.07 Å². The summed E-state index contributed by atoms with van der Waals surface area (Å²) in [5.74, 6) is -1.60. The van der Waals surface area contributed by atoms with Gasteiger partial charge in [0.25, 0.3) is 0 Å². The molecule has 1 aromatic heterocycles. The van der Waals surface area contributed by atoms with Crippen LogP contribution in [0.25, 0.3) is 0 Å². The van der Waals surface area contributed by atoms with E-state index >= 15 is 0 Å². The Labute approximate surface area is 132 Å². The van der Waals surface area contributed by atoms with E-state index in [4.69, 9.17) is 0 Å². The van der Waals surface area contributed by atoms with Crippen LogP contribution in [0.5, 0.6) is 0 Å². The van der Waals surface area contributed by atoms with Crippen molar-refractivity contribution in [3.8, 4) is 0 Å². The van der Waals surface area contributed by atoms with Crippen molar-refractivity contribution in [2.24, 2.45) is 0 Å². The van der Waals surface area contributed by atoms with Crippen LogP contribution in [-0.4, -0.2) is 28.1 Å².